The fourth-order valence-electron chi connectivity index (χ4n) is 2.31. The largest absolute Gasteiger partial charge is 0.504 e. The van der Waals surface area contributed by atoms with E-state index in [-0.39, 0.29) is 29.0 Å². The van der Waals surface area contributed by atoms with Gasteiger partial charge in [0.2, 0.25) is 5.82 Å². The van der Waals surface area contributed by atoms with Crippen LogP contribution in [-0.4, -0.2) is 23.3 Å². The smallest absolute Gasteiger partial charge is 0.303 e. The maximum Gasteiger partial charge on any atom is 0.303 e. The Morgan fingerprint density at radius 1 is 1.63 bits per heavy atom. The number of carbonyl (C=O) groups is 1. The predicted octanol–water partition coefficient (Wildman–Crippen LogP) is 3.16. The van der Waals surface area contributed by atoms with Crippen LogP contribution < -0.4 is 4.74 Å². The lowest BCUT2D eigenvalue weighted by Crippen LogP contribution is -2.10. The van der Waals surface area contributed by atoms with E-state index >= 15 is 0 Å². The van der Waals surface area contributed by atoms with Gasteiger partial charge in [-0.05, 0) is 24.8 Å². The topological polar surface area (TPSA) is 66.8 Å². The lowest BCUT2D eigenvalue weighted by atomic mass is 9.90. The van der Waals surface area contributed by atoms with Crippen LogP contribution in [0.1, 0.15) is 30.7 Å². The molecule has 2 rings (SSSR count). The first kappa shape index (κ1) is 13.9. The van der Waals surface area contributed by atoms with Crippen molar-refractivity contribution in [2.24, 2.45) is 5.92 Å². The zero-order valence-electron chi connectivity index (χ0n) is 10.3. The van der Waals surface area contributed by atoms with Crippen LogP contribution in [0.3, 0.4) is 0 Å². The molecule has 6 heteroatoms. The van der Waals surface area contributed by atoms with Gasteiger partial charge in [-0.1, -0.05) is 11.6 Å². The first-order valence-electron chi connectivity index (χ1n) is 5.92. The number of ether oxygens (including phenoxy) is 1. The van der Waals surface area contributed by atoms with Gasteiger partial charge in [0.1, 0.15) is 0 Å². The van der Waals surface area contributed by atoms with Gasteiger partial charge >= 0.3 is 5.97 Å². The highest BCUT2D eigenvalue weighted by Crippen LogP contribution is 2.49. The number of benzene rings is 1. The summed E-state index contributed by atoms with van der Waals surface area (Å²) in [5, 5.41) is 18.3. The number of halogens is 2. The third-order valence-corrected chi connectivity index (χ3v) is 3.66. The van der Waals surface area contributed by atoms with Crippen molar-refractivity contribution in [2.75, 3.05) is 7.11 Å². The first-order chi connectivity index (χ1) is 8.95. The Bertz CT molecular complexity index is 514. The molecule has 4 nitrogen and oxygen atoms in total. The number of phenols is 1. The summed E-state index contributed by atoms with van der Waals surface area (Å²) in [4.78, 5) is 10.9. The molecule has 1 fully saturated rings. The summed E-state index contributed by atoms with van der Waals surface area (Å²) in [6, 6.07) is 1.39. The van der Waals surface area contributed by atoms with Gasteiger partial charge < -0.3 is 14.9 Å². The molecule has 0 bridgehead atoms. The molecule has 0 saturated heterocycles. The van der Waals surface area contributed by atoms with Gasteiger partial charge in [-0.2, -0.15) is 4.39 Å². The molecule has 0 aromatic heterocycles. The van der Waals surface area contributed by atoms with Crippen LogP contribution in [-0.2, 0) is 4.79 Å². The van der Waals surface area contributed by atoms with E-state index < -0.39 is 17.5 Å². The van der Waals surface area contributed by atoms with E-state index in [1.165, 1.54) is 13.2 Å². The number of hydrogen-bond donors (Lipinski definition) is 2. The highest BCUT2D eigenvalue weighted by Gasteiger charge is 2.37. The monoisotopic (exact) mass is 288 g/mol. The molecule has 104 valence electrons. The summed E-state index contributed by atoms with van der Waals surface area (Å²) in [6.07, 6.45) is 1.70. The van der Waals surface area contributed by atoms with E-state index in [0.717, 1.165) is 12.8 Å². The van der Waals surface area contributed by atoms with E-state index in [0.29, 0.717) is 5.56 Å². The molecule has 1 unspecified atom stereocenters. The molecule has 19 heavy (non-hydrogen) atoms. The SMILES string of the molecule is COc1c(C(CC(=O)O)C2CC2)cc(Cl)c(O)c1F. The molecule has 1 saturated carbocycles. The third kappa shape index (κ3) is 2.76. The van der Waals surface area contributed by atoms with Gasteiger partial charge in [-0.3, -0.25) is 4.79 Å². The molecule has 1 aliphatic rings. The second kappa shape index (κ2) is 5.25. The van der Waals surface area contributed by atoms with Crippen molar-refractivity contribution < 1.29 is 24.1 Å². The third-order valence-electron chi connectivity index (χ3n) is 3.37. The van der Waals surface area contributed by atoms with E-state index in [2.05, 4.69) is 0 Å². The minimum Gasteiger partial charge on any atom is -0.504 e. The van der Waals surface area contributed by atoms with Crippen molar-refractivity contribution in [3.05, 3.63) is 22.5 Å². The molecule has 0 radical (unpaired) electrons. The second-order valence-corrected chi connectivity index (χ2v) is 5.09. The molecule has 2 N–H and O–H groups in total. The van der Waals surface area contributed by atoms with Crippen LogP contribution in [0.4, 0.5) is 4.39 Å². The number of carboxylic acids is 1. The van der Waals surface area contributed by atoms with Crippen LogP contribution in [0, 0.1) is 11.7 Å². The highest BCUT2D eigenvalue weighted by atomic mass is 35.5. The fourth-order valence-corrected chi connectivity index (χ4v) is 2.51. The molecular formula is C13H14ClFO4. The first-order valence-corrected chi connectivity index (χ1v) is 6.30. The Morgan fingerprint density at radius 2 is 2.26 bits per heavy atom. The summed E-state index contributed by atoms with van der Waals surface area (Å²) in [5.41, 5.74) is 0.410. The summed E-state index contributed by atoms with van der Waals surface area (Å²) in [5.74, 6) is -2.85. The molecule has 0 heterocycles. The van der Waals surface area contributed by atoms with Crippen molar-refractivity contribution in [2.45, 2.75) is 25.2 Å². The fraction of sp³-hybridized carbons (Fsp3) is 0.462. The maximum atomic E-state index is 13.9. The Kier molecular flexibility index (Phi) is 3.85. The van der Waals surface area contributed by atoms with E-state index in [9.17, 15) is 14.3 Å². The summed E-state index contributed by atoms with van der Waals surface area (Å²) in [7, 11) is 1.28. The van der Waals surface area contributed by atoms with Crippen molar-refractivity contribution in [1.82, 2.24) is 0 Å². The number of aliphatic carboxylic acids is 1. The van der Waals surface area contributed by atoms with Gasteiger partial charge in [0, 0.05) is 11.5 Å². The number of aromatic hydroxyl groups is 1. The normalized spacial score (nSPS) is 16.2. The van der Waals surface area contributed by atoms with Gasteiger partial charge in [0.15, 0.2) is 11.5 Å². The van der Waals surface area contributed by atoms with Crippen LogP contribution in [0.25, 0.3) is 0 Å². The molecular weight excluding hydrogens is 275 g/mol. The standard InChI is InChI=1S/C13H14ClFO4/c1-19-13-8(4-9(14)12(18)11(13)15)7(5-10(16)17)6-2-3-6/h4,6-7,18H,2-3,5H2,1H3,(H,16,17). The van der Waals surface area contributed by atoms with Gasteiger partial charge in [0.25, 0.3) is 0 Å². The van der Waals surface area contributed by atoms with Crippen LogP contribution in [0.5, 0.6) is 11.5 Å². The Hall–Kier alpha value is -1.49. The number of phenolic OH excluding ortho intramolecular Hbond substituents is 1. The van der Waals surface area contributed by atoms with Crippen molar-refractivity contribution in [3.63, 3.8) is 0 Å². The zero-order valence-corrected chi connectivity index (χ0v) is 11.1. The summed E-state index contributed by atoms with van der Waals surface area (Å²) < 4.78 is 18.9. The van der Waals surface area contributed by atoms with Crippen molar-refractivity contribution in [1.29, 1.82) is 0 Å². The Morgan fingerprint density at radius 3 is 2.74 bits per heavy atom. The minimum absolute atomic E-state index is 0.110. The lowest BCUT2D eigenvalue weighted by molar-refractivity contribution is -0.137. The molecule has 1 aromatic carbocycles. The Labute approximate surface area is 114 Å². The highest BCUT2D eigenvalue weighted by molar-refractivity contribution is 6.32. The van der Waals surface area contributed by atoms with Gasteiger partial charge in [0.05, 0.1) is 18.6 Å². The number of hydrogen-bond acceptors (Lipinski definition) is 3. The average molecular weight is 289 g/mol. The summed E-state index contributed by atoms with van der Waals surface area (Å²) >= 11 is 5.76. The van der Waals surface area contributed by atoms with Crippen LogP contribution in [0.15, 0.2) is 6.07 Å². The molecule has 0 spiro atoms. The van der Waals surface area contributed by atoms with Crippen molar-refractivity contribution >= 4 is 17.6 Å². The second-order valence-electron chi connectivity index (χ2n) is 4.69. The molecule has 1 atom stereocenters. The Balaban J connectivity index is 2.49. The zero-order chi connectivity index (χ0) is 14.2. The quantitative estimate of drug-likeness (QED) is 0.873. The number of rotatable bonds is 5. The average Bonchev–Trinajstić information content (AvgIpc) is 3.17. The lowest BCUT2D eigenvalue weighted by Gasteiger charge is -2.19. The predicted molar refractivity (Wildman–Crippen MR) is 67.3 cm³/mol. The molecule has 0 amide bonds. The van der Waals surface area contributed by atoms with Crippen LogP contribution >= 0.6 is 11.6 Å². The van der Waals surface area contributed by atoms with E-state index in [1.807, 2.05) is 0 Å². The molecule has 1 aromatic rings. The number of carboxylic acid groups (broad SMARTS) is 1. The minimum atomic E-state index is -0.955. The van der Waals surface area contributed by atoms with Gasteiger partial charge in [-0.25, -0.2) is 0 Å². The van der Waals surface area contributed by atoms with Crippen molar-refractivity contribution in [3.8, 4) is 11.5 Å². The summed E-state index contributed by atoms with van der Waals surface area (Å²) in [6.45, 7) is 0. The van der Waals surface area contributed by atoms with Crippen LogP contribution in [0.2, 0.25) is 5.02 Å². The van der Waals surface area contributed by atoms with E-state index in [1.54, 1.807) is 0 Å². The molecule has 1 aliphatic carbocycles. The maximum absolute atomic E-state index is 13.9. The molecule has 0 aliphatic heterocycles. The van der Waals surface area contributed by atoms with E-state index in [4.69, 9.17) is 21.4 Å². The van der Waals surface area contributed by atoms with Gasteiger partial charge in [-0.15, -0.1) is 0 Å². The number of methoxy groups -OCH3 is 1.